The summed E-state index contributed by atoms with van der Waals surface area (Å²) in [5, 5.41) is -0.660. The van der Waals surface area contributed by atoms with E-state index in [1.54, 1.807) is 31.2 Å². The zero-order chi connectivity index (χ0) is 12.3. The Kier molecular flexibility index (Phi) is 3.86. The fourth-order valence-corrected chi connectivity index (χ4v) is 2.91. The minimum absolute atomic E-state index is 0.0657. The van der Waals surface area contributed by atoms with Crippen LogP contribution in [0, 0.1) is 6.92 Å². The Hall–Kier alpha value is -1.16. The molecule has 0 radical (unpaired) electrons. The molecule has 0 aliphatic rings. The summed E-state index contributed by atoms with van der Waals surface area (Å²) >= 11 is 0. The van der Waals surface area contributed by atoms with Crippen LogP contribution >= 0.6 is 0 Å². The van der Waals surface area contributed by atoms with E-state index in [1.165, 1.54) is 6.92 Å². The molecule has 16 heavy (non-hydrogen) atoms. The lowest BCUT2D eigenvalue weighted by atomic mass is 10.2. The van der Waals surface area contributed by atoms with Gasteiger partial charge in [-0.2, -0.15) is 0 Å². The zero-order valence-electron chi connectivity index (χ0n) is 9.73. The van der Waals surface area contributed by atoms with Crippen LogP contribution in [-0.2, 0) is 14.6 Å². The molecule has 0 aliphatic carbocycles. The van der Waals surface area contributed by atoms with Crippen LogP contribution in [0.3, 0.4) is 0 Å². The normalized spacial score (nSPS) is 13.4. The molecule has 0 fully saturated rings. The Bertz CT molecular complexity index is 471. The second-order valence-corrected chi connectivity index (χ2v) is 6.44. The zero-order valence-corrected chi connectivity index (χ0v) is 10.5. The molecule has 1 atom stereocenters. The van der Waals surface area contributed by atoms with Crippen molar-refractivity contribution in [2.45, 2.75) is 37.3 Å². The predicted molar refractivity (Wildman–Crippen MR) is 63.1 cm³/mol. The first-order valence-electron chi connectivity index (χ1n) is 5.14. The topological polar surface area (TPSA) is 51.2 Å². The summed E-state index contributed by atoms with van der Waals surface area (Å²) in [5.74, 6) is -0.108. The van der Waals surface area contributed by atoms with Gasteiger partial charge in [0.1, 0.15) is 5.78 Å². The quantitative estimate of drug-likeness (QED) is 0.810. The minimum atomic E-state index is -3.37. The van der Waals surface area contributed by atoms with Crippen LogP contribution in [0.2, 0.25) is 0 Å². The first-order valence-corrected chi connectivity index (χ1v) is 6.68. The van der Waals surface area contributed by atoms with Gasteiger partial charge in [-0.1, -0.05) is 17.7 Å². The molecule has 0 bridgehead atoms. The summed E-state index contributed by atoms with van der Waals surface area (Å²) in [6.07, 6.45) is 0.0657. The van der Waals surface area contributed by atoms with Gasteiger partial charge in [-0.15, -0.1) is 0 Å². The van der Waals surface area contributed by atoms with E-state index >= 15 is 0 Å². The van der Waals surface area contributed by atoms with Crippen molar-refractivity contribution < 1.29 is 13.2 Å². The highest BCUT2D eigenvalue weighted by Gasteiger charge is 2.24. The molecule has 88 valence electrons. The monoisotopic (exact) mass is 240 g/mol. The molecule has 0 N–H and O–H groups in total. The summed E-state index contributed by atoms with van der Waals surface area (Å²) in [7, 11) is -3.37. The molecule has 1 rings (SSSR count). The number of ketones is 1. The Labute approximate surface area is 96.4 Å². The van der Waals surface area contributed by atoms with Crippen LogP contribution in [0.15, 0.2) is 29.2 Å². The van der Waals surface area contributed by atoms with Crippen molar-refractivity contribution in [3.63, 3.8) is 0 Å². The van der Waals surface area contributed by atoms with Gasteiger partial charge in [-0.05, 0) is 32.9 Å². The number of carbonyl (C=O) groups is 1. The molecule has 1 aromatic carbocycles. The summed E-state index contributed by atoms with van der Waals surface area (Å²) in [4.78, 5) is 11.2. The summed E-state index contributed by atoms with van der Waals surface area (Å²) in [6.45, 7) is 4.87. The molecular weight excluding hydrogens is 224 g/mol. The van der Waals surface area contributed by atoms with Crippen molar-refractivity contribution >= 4 is 15.6 Å². The van der Waals surface area contributed by atoms with Gasteiger partial charge < -0.3 is 0 Å². The largest absolute Gasteiger partial charge is 0.300 e. The van der Waals surface area contributed by atoms with Gasteiger partial charge in [0.2, 0.25) is 0 Å². The number of sulfone groups is 1. The van der Waals surface area contributed by atoms with Crippen molar-refractivity contribution in [3.8, 4) is 0 Å². The van der Waals surface area contributed by atoms with Gasteiger partial charge in [0.15, 0.2) is 9.84 Å². The van der Waals surface area contributed by atoms with Crippen LogP contribution in [0.5, 0.6) is 0 Å². The van der Waals surface area contributed by atoms with Gasteiger partial charge in [0.05, 0.1) is 10.1 Å². The molecular formula is C12H16O3S. The van der Waals surface area contributed by atoms with Crippen LogP contribution in [0.1, 0.15) is 25.8 Å². The molecule has 0 saturated heterocycles. The van der Waals surface area contributed by atoms with E-state index in [1.807, 2.05) is 6.92 Å². The highest BCUT2D eigenvalue weighted by atomic mass is 32.2. The Balaban J connectivity index is 3.02. The second-order valence-electron chi connectivity index (χ2n) is 4.07. The van der Waals surface area contributed by atoms with Gasteiger partial charge in [0, 0.05) is 6.42 Å². The molecule has 1 unspecified atom stereocenters. The van der Waals surface area contributed by atoms with Crippen molar-refractivity contribution in [2.75, 3.05) is 0 Å². The fraction of sp³-hybridized carbons (Fsp3) is 0.417. The van der Waals surface area contributed by atoms with E-state index in [0.29, 0.717) is 0 Å². The average molecular weight is 240 g/mol. The number of benzene rings is 1. The highest BCUT2D eigenvalue weighted by molar-refractivity contribution is 7.92. The molecule has 1 aromatic rings. The maximum absolute atomic E-state index is 12.0. The van der Waals surface area contributed by atoms with E-state index in [4.69, 9.17) is 0 Å². The summed E-state index contributed by atoms with van der Waals surface area (Å²) < 4.78 is 24.1. The third kappa shape index (κ3) is 2.92. The van der Waals surface area contributed by atoms with Crippen molar-refractivity contribution in [1.82, 2.24) is 0 Å². The number of hydrogen-bond acceptors (Lipinski definition) is 3. The molecule has 0 aromatic heterocycles. The first kappa shape index (κ1) is 12.9. The van der Waals surface area contributed by atoms with Crippen LogP contribution in [0.25, 0.3) is 0 Å². The Morgan fingerprint density at radius 2 is 1.75 bits per heavy atom. The van der Waals surface area contributed by atoms with E-state index < -0.39 is 15.1 Å². The minimum Gasteiger partial charge on any atom is -0.300 e. The van der Waals surface area contributed by atoms with E-state index in [2.05, 4.69) is 0 Å². The van der Waals surface area contributed by atoms with E-state index in [-0.39, 0.29) is 17.1 Å². The van der Waals surface area contributed by atoms with Crippen molar-refractivity contribution in [2.24, 2.45) is 0 Å². The molecule has 0 heterocycles. The third-order valence-corrected chi connectivity index (χ3v) is 4.61. The number of Topliss-reactive ketones (excluding diaryl/α,β-unsaturated/α-hetero) is 1. The standard InChI is InChI=1S/C12H16O3S/c1-9-4-6-12(7-5-9)16(14,15)11(3)8-10(2)13/h4-7,11H,8H2,1-3H3. The van der Waals surface area contributed by atoms with Gasteiger partial charge in [0.25, 0.3) is 0 Å². The first-order chi connectivity index (χ1) is 7.34. The van der Waals surface area contributed by atoms with Gasteiger partial charge in [-0.3, -0.25) is 4.79 Å². The third-order valence-electron chi connectivity index (χ3n) is 2.45. The maximum Gasteiger partial charge on any atom is 0.181 e. The Morgan fingerprint density at radius 3 is 2.19 bits per heavy atom. The maximum atomic E-state index is 12.0. The van der Waals surface area contributed by atoms with Gasteiger partial charge >= 0.3 is 0 Å². The number of carbonyl (C=O) groups excluding carboxylic acids is 1. The molecule has 4 heteroatoms. The van der Waals surface area contributed by atoms with E-state index in [9.17, 15) is 13.2 Å². The highest BCUT2D eigenvalue weighted by Crippen LogP contribution is 2.18. The number of hydrogen-bond donors (Lipinski definition) is 0. The SMILES string of the molecule is CC(=O)CC(C)S(=O)(=O)c1ccc(C)cc1. The van der Waals surface area contributed by atoms with Crippen LogP contribution < -0.4 is 0 Å². The summed E-state index contributed by atoms with van der Waals surface area (Å²) in [6, 6.07) is 6.68. The molecule has 3 nitrogen and oxygen atoms in total. The molecule has 0 amide bonds. The molecule has 0 aliphatic heterocycles. The smallest absolute Gasteiger partial charge is 0.181 e. The van der Waals surface area contributed by atoms with Crippen LogP contribution in [0.4, 0.5) is 0 Å². The lowest BCUT2D eigenvalue weighted by Crippen LogP contribution is -2.20. The van der Waals surface area contributed by atoms with Crippen molar-refractivity contribution in [3.05, 3.63) is 29.8 Å². The predicted octanol–water partition coefficient (Wildman–Crippen LogP) is 2.14. The molecule has 0 spiro atoms. The lowest BCUT2D eigenvalue weighted by molar-refractivity contribution is -0.116. The summed E-state index contributed by atoms with van der Waals surface area (Å²) in [5.41, 5.74) is 1.01. The average Bonchev–Trinajstić information content (AvgIpc) is 2.17. The lowest BCUT2D eigenvalue weighted by Gasteiger charge is -2.11. The van der Waals surface area contributed by atoms with Crippen LogP contribution in [-0.4, -0.2) is 19.5 Å². The molecule has 0 saturated carbocycles. The fourth-order valence-electron chi connectivity index (χ4n) is 1.47. The van der Waals surface area contributed by atoms with Gasteiger partial charge in [-0.25, -0.2) is 8.42 Å². The Morgan fingerprint density at radius 1 is 1.25 bits per heavy atom. The van der Waals surface area contributed by atoms with E-state index in [0.717, 1.165) is 5.56 Å². The van der Waals surface area contributed by atoms with Crippen molar-refractivity contribution in [1.29, 1.82) is 0 Å². The number of rotatable bonds is 4. The second kappa shape index (κ2) is 4.78. The number of aryl methyl sites for hydroxylation is 1.